The zero-order valence-electron chi connectivity index (χ0n) is 3.66. The largest absolute Gasteiger partial charge is 0.769 e. The quantitative estimate of drug-likeness (QED) is 0.371. The van der Waals surface area contributed by atoms with Crippen LogP contribution in [0.5, 0.6) is 0 Å². The van der Waals surface area contributed by atoms with Gasteiger partial charge in [0.2, 0.25) is 5.62 Å². The van der Waals surface area contributed by atoms with Crippen molar-refractivity contribution in [3.8, 4) is 0 Å². The van der Waals surface area contributed by atoms with Crippen molar-refractivity contribution >= 4 is 11.1 Å². The lowest BCUT2D eigenvalue weighted by Crippen LogP contribution is -2.14. The SMILES string of the molecule is COC(O)S(=O)[O-]. The highest BCUT2D eigenvalue weighted by atomic mass is 32.2. The summed E-state index contributed by atoms with van der Waals surface area (Å²) in [6, 6.07) is 0. The average molecular weight is 125 g/mol. The van der Waals surface area contributed by atoms with Crippen molar-refractivity contribution in [3.63, 3.8) is 0 Å². The first-order chi connectivity index (χ1) is 3.18. The number of rotatable bonds is 2. The molecule has 5 heteroatoms. The number of methoxy groups -OCH3 is 1. The summed E-state index contributed by atoms with van der Waals surface area (Å²) in [4.78, 5) is 0. The molecule has 1 N–H and O–H groups in total. The Morgan fingerprint density at radius 1 is 2.00 bits per heavy atom. The van der Waals surface area contributed by atoms with Crippen molar-refractivity contribution in [2.45, 2.75) is 5.62 Å². The summed E-state index contributed by atoms with van der Waals surface area (Å²) in [5.74, 6) is 0. The van der Waals surface area contributed by atoms with Crippen LogP contribution in [0.4, 0.5) is 0 Å². The summed E-state index contributed by atoms with van der Waals surface area (Å²) >= 11 is -2.53. The van der Waals surface area contributed by atoms with Gasteiger partial charge < -0.3 is 14.4 Å². The molecule has 0 rings (SSSR count). The van der Waals surface area contributed by atoms with Crippen LogP contribution in [-0.2, 0) is 15.8 Å². The van der Waals surface area contributed by atoms with Crippen LogP contribution in [-0.4, -0.2) is 26.6 Å². The minimum atomic E-state index is -2.53. The molecule has 0 aliphatic carbocycles. The maximum Gasteiger partial charge on any atom is 0.220 e. The van der Waals surface area contributed by atoms with E-state index in [4.69, 9.17) is 5.11 Å². The van der Waals surface area contributed by atoms with Gasteiger partial charge in [0.15, 0.2) is 0 Å². The summed E-state index contributed by atoms with van der Waals surface area (Å²) < 4.78 is 23.1. The molecule has 0 aliphatic heterocycles. The van der Waals surface area contributed by atoms with Crippen LogP contribution < -0.4 is 0 Å². The summed E-state index contributed by atoms with van der Waals surface area (Å²) in [5.41, 5.74) is -1.68. The van der Waals surface area contributed by atoms with Crippen molar-refractivity contribution in [2.24, 2.45) is 0 Å². The maximum atomic E-state index is 9.56. The van der Waals surface area contributed by atoms with E-state index >= 15 is 0 Å². The highest BCUT2D eigenvalue weighted by molar-refractivity contribution is 7.79. The van der Waals surface area contributed by atoms with Crippen LogP contribution in [0.25, 0.3) is 0 Å². The molecule has 0 saturated heterocycles. The first kappa shape index (κ1) is 7.03. The summed E-state index contributed by atoms with van der Waals surface area (Å²) in [6.45, 7) is 0. The van der Waals surface area contributed by atoms with E-state index in [0.717, 1.165) is 7.11 Å². The Morgan fingerprint density at radius 2 is 2.43 bits per heavy atom. The zero-order chi connectivity index (χ0) is 5.86. The van der Waals surface area contributed by atoms with Gasteiger partial charge in [0, 0.05) is 18.2 Å². The molecule has 0 saturated carbocycles. The fraction of sp³-hybridized carbons (Fsp3) is 1.00. The number of ether oxygens (including phenoxy) is 1. The van der Waals surface area contributed by atoms with Gasteiger partial charge in [-0.05, 0) is 0 Å². The molecule has 4 nitrogen and oxygen atoms in total. The molecule has 0 radical (unpaired) electrons. The predicted molar refractivity (Wildman–Crippen MR) is 21.9 cm³/mol. The van der Waals surface area contributed by atoms with Crippen LogP contribution in [0.1, 0.15) is 0 Å². The third kappa shape index (κ3) is 2.69. The molecular formula is C2H5O4S-. The molecule has 0 spiro atoms. The Balaban J connectivity index is 3.34. The molecule has 0 aliphatic rings. The van der Waals surface area contributed by atoms with E-state index in [9.17, 15) is 8.76 Å². The monoisotopic (exact) mass is 125 g/mol. The molecule has 0 aromatic rings. The lowest BCUT2D eigenvalue weighted by molar-refractivity contribution is -0.0105. The molecule has 44 valence electrons. The molecule has 0 fully saturated rings. The lowest BCUT2D eigenvalue weighted by Gasteiger charge is -2.09. The first-order valence-corrected chi connectivity index (χ1v) is 2.61. The molecule has 0 aromatic carbocycles. The average Bonchev–Trinajstić information content (AvgIpc) is 1.65. The van der Waals surface area contributed by atoms with E-state index in [2.05, 4.69) is 4.74 Å². The molecular weight excluding hydrogens is 120 g/mol. The van der Waals surface area contributed by atoms with Crippen molar-refractivity contribution in [1.82, 2.24) is 0 Å². The molecule has 2 atom stereocenters. The summed E-state index contributed by atoms with van der Waals surface area (Å²) in [7, 11) is 1.10. The molecule has 0 heterocycles. The Labute approximate surface area is 43.4 Å². The second-order valence-electron chi connectivity index (χ2n) is 0.803. The van der Waals surface area contributed by atoms with Gasteiger partial charge in [-0.3, -0.25) is 4.21 Å². The topological polar surface area (TPSA) is 69.6 Å². The maximum absolute atomic E-state index is 9.56. The van der Waals surface area contributed by atoms with Gasteiger partial charge in [-0.2, -0.15) is 0 Å². The van der Waals surface area contributed by atoms with Gasteiger partial charge in [-0.15, -0.1) is 0 Å². The third-order valence-corrected chi connectivity index (χ3v) is 0.888. The van der Waals surface area contributed by atoms with Crippen LogP contribution >= 0.6 is 0 Å². The lowest BCUT2D eigenvalue weighted by atomic mass is 11.4. The summed E-state index contributed by atoms with van der Waals surface area (Å²) in [5, 5.41) is 8.10. The minimum Gasteiger partial charge on any atom is -0.769 e. The fourth-order valence-corrected chi connectivity index (χ4v) is 0.236. The van der Waals surface area contributed by atoms with Crippen molar-refractivity contribution in [2.75, 3.05) is 7.11 Å². The van der Waals surface area contributed by atoms with Gasteiger partial charge in [0.1, 0.15) is 0 Å². The third-order valence-electron chi connectivity index (χ3n) is 0.366. The van der Waals surface area contributed by atoms with Gasteiger partial charge in [-0.25, -0.2) is 0 Å². The van der Waals surface area contributed by atoms with E-state index in [-0.39, 0.29) is 0 Å². The second kappa shape index (κ2) is 3.09. The fourth-order valence-electron chi connectivity index (χ4n) is 0.0786. The Bertz CT molecular complexity index is 72.1. The van der Waals surface area contributed by atoms with Gasteiger partial charge in [0.25, 0.3) is 0 Å². The second-order valence-corrected chi connectivity index (χ2v) is 1.73. The van der Waals surface area contributed by atoms with E-state index in [1.165, 1.54) is 0 Å². The number of aliphatic hydroxyl groups excluding tert-OH is 1. The van der Waals surface area contributed by atoms with Crippen molar-refractivity contribution in [1.29, 1.82) is 0 Å². The van der Waals surface area contributed by atoms with Crippen LogP contribution in [0.2, 0.25) is 0 Å². The Hall–Kier alpha value is 0.0300. The first-order valence-electron chi connectivity index (χ1n) is 1.47. The van der Waals surface area contributed by atoms with Gasteiger partial charge in [0.05, 0.1) is 0 Å². The smallest absolute Gasteiger partial charge is 0.220 e. The predicted octanol–water partition coefficient (Wildman–Crippen LogP) is -1.21. The Kier molecular flexibility index (Phi) is 3.10. The normalized spacial score (nSPS) is 18.7. The van der Waals surface area contributed by atoms with Crippen molar-refractivity contribution < 1.29 is 18.6 Å². The van der Waals surface area contributed by atoms with E-state index < -0.39 is 16.7 Å². The standard InChI is InChI=1S/C2H6O4S/c1-6-2(3)7(4)5/h2-3H,1H3,(H,4,5)/p-1. The van der Waals surface area contributed by atoms with Crippen LogP contribution in [0.3, 0.4) is 0 Å². The minimum absolute atomic E-state index is 1.10. The number of hydrogen-bond donors (Lipinski definition) is 1. The van der Waals surface area contributed by atoms with Gasteiger partial charge in [-0.1, -0.05) is 0 Å². The number of aliphatic hydroxyl groups is 1. The molecule has 7 heavy (non-hydrogen) atoms. The van der Waals surface area contributed by atoms with Gasteiger partial charge >= 0.3 is 0 Å². The molecule has 0 aromatic heterocycles. The van der Waals surface area contributed by atoms with Crippen LogP contribution in [0.15, 0.2) is 0 Å². The van der Waals surface area contributed by atoms with E-state index in [0.29, 0.717) is 0 Å². The highest BCUT2D eigenvalue weighted by Crippen LogP contribution is 1.84. The molecule has 0 amide bonds. The summed E-state index contributed by atoms with van der Waals surface area (Å²) in [6.07, 6.45) is 0. The highest BCUT2D eigenvalue weighted by Gasteiger charge is 1.96. The van der Waals surface area contributed by atoms with E-state index in [1.807, 2.05) is 0 Å². The van der Waals surface area contributed by atoms with E-state index in [1.54, 1.807) is 0 Å². The van der Waals surface area contributed by atoms with Crippen LogP contribution in [0, 0.1) is 0 Å². The Morgan fingerprint density at radius 3 is 2.43 bits per heavy atom. The molecule has 2 unspecified atom stereocenters. The number of hydrogen-bond acceptors (Lipinski definition) is 4. The molecule has 0 bridgehead atoms. The zero-order valence-corrected chi connectivity index (χ0v) is 4.47. The van der Waals surface area contributed by atoms with Crippen molar-refractivity contribution in [3.05, 3.63) is 0 Å².